The van der Waals surface area contributed by atoms with Crippen LogP contribution in [0.15, 0.2) is 12.2 Å². The fraction of sp³-hybridized carbons (Fsp3) is 0.914. The van der Waals surface area contributed by atoms with Gasteiger partial charge in [0, 0.05) is 6.42 Å². The number of aliphatic hydroxyl groups is 1. The summed E-state index contributed by atoms with van der Waals surface area (Å²) in [4.78, 5) is 12.2. The van der Waals surface area contributed by atoms with E-state index in [4.69, 9.17) is 0 Å². The first-order chi connectivity index (χ1) is 18.6. The Hall–Kier alpha value is -0.830. The largest absolute Gasteiger partial charge is 0.387 e. The van der Waals surface area contributed by atoms with Crippen LogP contribution in [0.1, 0.15) is 194 Å². The Morgan fingerprint density at radius 1 is 0.579 bits per heavy atom. The van der Waals surface area contributed by atoms with E-state index in [1.165, 1.54) is 148 Å². The smallest absolute Gasteiger partial charge is 0.220 e. The van der Waals surface area contributed by atoms with Crippen LogP contribution in [0.2, 0.25) is 0 Å². The van der Waals surface area contributed by atoms with Crippen LogP contribution in [0.3, 0.4) is 0 Å². The Labute approximate surface area is 239 Å². The van der Waals surface area contributed by atoms with E-state index in [0.29, 0.717) is 6.42 Å². The summed E-state index contributed by atoms with van der Waals surface area (Å²) in [6.07, 6.45) is 38.5. The second kappa shape index (κ2) is 30.7. The van der Waals surface area contributed by atoms with Gasteiger partial charge in [0.25, 0.3) is 0 Å². The van der Waals surface area contributed by atoms with Crippen molar-refractivity contribution in [2.75, 3.05) is 0 Å². The second-order valence-electron chi connectivity index (χ2n) is 11.9. The minimum atomic E-state index is -0.594. The summed E-state index contributed by atoms with van der Waals surface area (Å²) in [7, 11) is 0. The summed E-state index contributed by atoms with van der Waals surface area (Å²) < 4.78 is 0. The number of rotatable bonds is 30. The summed E-state index contributed by atoms with van der Waals surface area (Å²) in [5.74, 6) is 0.0780. The molecular formula is C35H69NO2. The van der Waals surface area contributed by atoms with Crippen LogP contribution in [0.25, 0.3) is 0 Å². The Morgan fingerprint density at radius 2 is 0.921 bits per heavy atom. The van der Waals surface area contributed by atoms with E-state index in [9.17, 15) is 9.90 Å². The van der Waals surface area contributed by atoms with E-state index in [0.717, 1.165) is 19.3 Å². The van der Waals surface area contributed by atoms with Gasteiger partial charge in [0.05, 0.1) is 12.1 Å². The molecule has 2 atom stereocenters. The molecule has 0 spiro atoms. The van der Waals surface area contributed by atoms with Crippen LogP contribution in [0.5, 0.6) is 0 Å². The summed E-state index contributed by atoms with van der Waals surface area (Å²) >= 11 is 0. The number of hydrogen-bond donors (Lipinski definition) is 2. The zero-order valence-corrected chi connectivity index (χ0v) is 26.3. The molecule has 0 saturated heterocycles. The summed E-state index contributed by atoms with van der Waals surface area (Å²) in [6, 6.07) is -0.220. The van der Waals surface area contributed by atoms with Gasteiger partial charge in [-0.3, -0.25) is 4.79 Å². The fourth-order valence-corrected chi connectivity index (χ4v) is 5.22. The Balaban J connectivity index is 3.49. The summed E-state index contributed by atoms with van der Waals surface area (Å²) in [5, 5.41) is 13.3. The van der Waals surface area contributed by atoms with Crippen molar-refractivity contribution in [3.05, 3.63) is 12.2 Å². The van der Waals surface area contributed by atoms with Gasteiger partial charge < -0.3 is 10.4 Å². The van der Waals surface area contributed by atoms with Crippen LogP contribution in [0, 0.1) is 0 Å². The minimum Gasteiger partial charge on any atom is -0.387 e. The molecule has 2 N–H and O–H groups in total. The van der Waals surface area contributed by atoms with Gasteiger partial charge in [-0.15, -0.1) is 0 Å². The normalized spacial score (nSPS) is 13.3. The molecule has 3 heteroatoms. The quantitative estimate of drug-likeness (QED) is 0.0709. The maximum Gasteiger partial charge on any atom is 0.220 e. The number of hydrogen-bond acceptors (Lipinski definition) is 2. The molecule has 226 valence electrons. The molecule has 0 heterocycles. The van der Waals surface area contributed by atoms with Gasteiger partial charge in [0.15, 0.2) is 0 Å². The van der Waals surface area contributed by atoms with Crippen LogP contribution in [-0.2, 0) is 4.79 Å². The van der Waals surface area contributed by atoms with Gasteiger partial charge in [-0.2, -0.15) is 0 Å². The number of nitrogens with one attached hydrogen (secondary N) is 1. The van der Waals surface area contributed by atoms with E-state index in [1.807, 2.05) is 13.0 Å². The van der Waals surface area contributed by atoms with Crippen molar-refractivity contribution in [2.45, 2.75) is 206 Å². The number of carbonyl (C=O) groups is 1. The SMILES string of the molecule is CCCCCCCCCCCCC/C=C/[C@@H](O)[C@H](C)NC(=O)CCCCCCCCCCCCCCCC. The topological polar surface area (TPSA) is 49.3 Å². The zero-order valence-electron chi connectivity index (χ0n) is 26.3. The van der Waals surface area contributed by atoms with Crippen molar-refractivity contribution in [1.29, 1.82) is 0 Å². The lowest BCUT2D eigenvalue weighted by molar-refractivity contribution is -0.122. The van der Waals surface area contributed by atoms with E-state index in [-0.39, 0.29) is 11.9 Å². The number of carbonyl (C=O) groups excluding carboxylic acids is 1. The van der Waals surface area contributed by atoms with Gasteiger partial charge >= 0.3 is 0 Å². The predicted molar refractivity (Wildman–Crippen MR) is 169 cm³/mol. The van der Waals surface area contributed by atoms with E-state index < -0.39 is 6.10 Å². The first-order valence-corrected chi connectivity index (χ1v) is 17.3. The maximum atomic E-state index is 12.2. The molecule has 0 aliphatic heterocycles. The zero-order chi connectivity index (χ0) is 27.9. The molecule has 3 nitrogen and oxygen atoms in total. The Morgan fingerprint density at radius 3 is 1.32 bits per heavy atom. The molecule has 1 amide bonds. The van der Waals surface area contributed by atoms with Crippen molar-refractivity contribution in [2.24, 2.45) is 0 Å². The highest BCUT2D eigenvalue weighted by Gasteiger charge is 2.13. The van der Waals surface area contributed by atoms with Gasteiger partial charge in [-0.25, -0.2) is 0 Å². The fourth-order valence-electron chi connectivity index (χ4n) is 5.22. The van der Waals surface area contributed by atoms with Crippen molar-refractivity contribution < 1.29 is 9.90 Å². The van der Waals surface area contributed by atoms with Gasteiger partial charge in [0.1, 0.15) is 0 Å². The molecule has 0 aliphatic rings. The number of unbranched alkanes of at least 4 members (excludes halogenated alkanes) is 24. The van der Waals surface area contributed by atoms with Crippen molar-refractivity contribution in [3.63, 3.8) is 0 Å². The lowest BCUT2D eigenvalue weighted by Gasteiger charge is -2.17. The van der Waals surface area contributed by atoms with E-state index in [2.05, 4.69) is 25.2 Å². The lowest BCUT2D eigenvalue weighted by Crippen LogP contribution is -2.40. The highest BCUT2D eigenvalue weighted by atomic mass is 16.3. The first kappa shape index (κ1) is 37.2. The molecule has 0 fully saturated rings. The monoisotopic (exact) mass is 536 g/mol. The predicted octanol–water partition coefficient (Wildman–Crippen LogP) is 11.0. The second-order valence-corrected chi connectivity index (χ2v) is 11.9. The van der Waals surface area contributed by atoms with Crippen molar-refractivity contribution in [3.8, 4) is 0 Å². The number of aliphatic hydroxyl groups excluding tert-OH is 1. The molecule has 0 aliphatic carbocycles. The highest BCUT2D eigenvalue weighted by molar-refractivity contribution is 5.76. The van der Waals surface area contributed by atoms with Crippen LogP contribution in [0.4, 0.5) is 0 Å². The Bertz CT molecular complexity index is 504. The minimum absolute atomic E-state index is 0.0780. The molecule has 0 saturated carbocycles. The molecule has 0 rings (SSSR count). The standard InChI is InChI=1S/C35H69NO2/c1-4-6-8-10-12-14-16-18-20-22-24-26-28-30-32-35(38)36-33(3)34(37)31-29-27-25-23-21-19-17-15-13-11-9-7-5-2/h29,31,33-34,37H,4-28,30,32H2,1-3H3,(H,36,38)/b31-29+/t33-,34+/m0/s1. The third-order valence-electron chi connectivity index (χ3n) is 7.97. The third-order valence-corrected chi connectivity index (χ3v) is 7.97. The molecule has 0 radical (unpaired) electrons. The van der Waals surface area contributed by atoms with Crippen LogP contribution < -0.4 is 5.32 Å². The lowest BCUT2D eigenvalue weighted by atomic mass is 10.0. The number of amides is 1. The van der Waals surface area contributed by atoms with Gasteiger partial charge in [-0.05, 0) is 26.2 Å². The molecular weight excluding hydrogens is 466 g/mol. The first-order valence-electron chi connectivity index (χ1n) is 17.3. The Kier molecular flexibility index (Phi) is 30.0. The van der Waals surface area contributed by atoms with Gasteiger partial charge in [-0.1, -0.05) is 174 Å². The molecule has 0 aromatic carbocycles. The van der Waals surface area contributed by atoms with Crippen molar-refractivity contribution >= 4 is 5.91 Å². The van der Waals surface area contributed by atoms with E-state index >= 15 is 0 Å². The molecule has 0 bridgehead atoms. The average Bonchev–Trinajstić information content (AvgIpc) is 2.91. The molecule has 38 heavy (non-hydrogen) atoms. The van der Waals surface area contributed by atoms with Crippen LogP contribution in [-0.4, -0.2) is 23.2 Å². The van der Waals surface area contributed by atoms with Crippen molar-refractivity contribution in [1.82, 2.24) is 5.32 Å². The summed E-state index contributed by atoms with van der Waals surface area (Å²) in [6.45, 7) is 6.46. The third kappa shape index (κ3) is 28.2. The molecule has 0 aromatic rings. The maximum absolute atomic E-state index is 12.2. The van der Waals surface area contributed by atoms with Gasteiger partial charge in [0.2, 0.25) is 5.91 Å². The molecule has 0 unspecified atom stereocenters. The van der Waals surface area contributed by atoms with E-state index in [1.54, 1.807) is 0 Å². The highest BCUT2D eigenvalue weighted by Crippen LogP contribution is 2.14. The number of allylic oxidation sites excluding steroid dienone is 1. The summed E-state index contributed by atoms with van der Waals surface area (Å²) in [5.41, 5.74) is 0. The van der Waals surface area contributed by atoms with Crippen LogP contribution >= 0.6 is 0 Å². The average molecular weight is 536 g/mol. The molecule has 0 aromatic heterocycles.